The van der Waals surface area contributed by atoms with Gasteiger partial charge in [0.2, 0.25) is 0 Å². The first-order valence-corrected chi connectivity index (χ1v) is 6.69. The first-order chi connectivity index (χ1) is 9.10. The van der Waals surface area contributed by atoms with Crippen molar-refractivity contribution in [2.75, 3.05) is 12.3 Å². The summed E-state index contributed by atoms with van der Waals surface area (Å²) in [6, 6.07) is 5.16. The predicted octanol–water partition coefficient (Wildman–Crippen LogP) is 2.47. The number of carbonyl (C=O) groups is 1. The van der Waals surface area contributed by atoms with Crippen molar-refractivity contribution in [3.63, 3.8) is 0 Å². The molecule has 0 spiro atoms. The summed E-state index contributed by atoms with van der Waals surface area (Å²) in [6.07, 6.45) is 1.57. The van der Waals surface area contributed by atoms with Gasteiger partial charge in [0.25, 0.3) is 11.1 Å². The number of nitrogens with one attached hydrogen (secondary N) is 1. The molecule has 2 aromatic rings. The number of nitrogens with zero attached hydrogens (tertiary/aromatic N) is 1. The smallest absolute Gasteiger partial charge is 0.260 e. The van der Waals surface area contributed by atoms with E-state index in [0.29, 0.717) is 23.0 Å². The Morgan fingerprint density at radius 2 is 2.32 bits per heavy atom. The average Bonchev–Trinajstić information content (AvgIpc) is 2.75. The molecule has 1 aromatic carbocycles. The van der Waals surface area contributed by atoms with Crippen LogP contribution < -0.4 is 11.1 Å². The molecule has 0 aliphatic carbocycles. The van der Waals surface area contributed by atoms with E-state index in [-0.39, 0.29) is 5.91 Å². The van der Waals surface area contributed by atoms with Crippen LogP contribution in [0.2, 0.25) is 0 Å². The van der Waals surface area contributed by atoms with Crippen molar-refractivity contribution in [3.8, 4) is 0 Å². The summed E-state index contributed by atoms with van der Waals surface area (Å²) < 4.78 is 5.28. The third kappa shape index (κ3) is 3.29. The summed E-state index contributed by atoms with van der Waals surface area (Å²) in [5.74, 6) is -0.131. The van der Waals surface area contributed by atoms with E-state index in [1.165, 1.54) is 11.8 Å². The maximum atomic E-state index is 12.0. The zero-order valence-corrected chi connectivity index (χ0v) is 11.6. The fraction of sp³-hybridized carbons (Fsp3) is 0.231. The molecule has 0 atom stereocenters. The second kappa shape index (κ2) is 5.79. The molecular weight excluding hydrogens is 262 g/mol. The summed E-state index contributed by atoms with van der Waals surface area (Å²) in [6.45, 7) is 4.29. The van der Waals surface area contributed by atoms with Gasteiger partial charge in [-0.15, -0.1) is 0 Å². The minimum atomic E-state index is -0.131. The SMILES string of the molecule is CCNC(=O)c1ccc(N)cc1Sc1nc(C)co1. The fourth-order valence-corrected chi connectivity index (χ4v) is 2.48. The van der Waals surface area contributed by atoms with E-state index in [0.717, 1.165) is 10.6 Å². The molecule has 0 saturated carbocycles. The topological polar surface area (TPSA) is 81.2 Å². The van der Waals surface area contributed by atoms with Crippen LogP contribution in [0.3, 0.4) is 0 Å². The molecule has 19 heavy (non-hydrogen) atoms. The maximum absolute atomic E-state index is 12.0. The Kier molecular flexibility index (Phi) is 4.11. The third-order valence-corrected chi connectivity index (χ3v) is 3.30. The van der Waals surface area contributed by atoms with E-state index in [4.69, 9.17) is 10.2 Å². The van der Waals surface area contributed by atoms with Gasteiger partial charge < -0.3 is 15.5 Å². The van der Waals surface area contributed by atoms with Crippen molar-refractivity contribution in [3.05, 3.63) is 35.7 Å². The van der Waals surface area contributed by atoms with E-state index >= 15 is 0 Å². The molecule has 0 aliphatic heterocycles. The zero-order valence-electron chi connectivity index (χ0n) is 10.8. The number of anilines is 1. The van der Waals surface area contributed by atoms with Crippen LogP contribution >= 0.6 is 11.8 Å². The number of hydrogen-bond donors (Lipinski definition) is 2. The summed E-state index contributed by atoms with van der Waals surface area (Å²) in [7, 11) is 0. The molecule has 0 aliphatic rings. The Morgan fingerprint density at radius 1 is 1.53 bits per heavy atom. The van der Waals surface area contributed by atoms with Crippen LogP contribution in [0.25, 0.3) is 0 Å². The van der Waals surface area contributed by atoms with Gasteiger partial charge in [-0.2, -0.15) is 0 Å². The molecule has 0 unspecified atom stereocenters. The molecule has 1 heterocycles. The Hall–Kier alpha value is -1.95. The van der Waals surface area contributed by atoms with Crippen molar-refractivity contribution < 1.29 is 9.21 Å². The highest BCUT2D eigenvalue weighted by Gasteiger charge is 2.14. The molecule has 0 radical (unpaired) electrons. The first kappa shape index (κ1) is 13.5. The Labute approximate surface area is 115 Å². The van der Waals surface area contributed by atoms with Gasteiger partial charge in [0.15, 0.2) is 0 Å². The third-order valence-electron chi connectivity index (χ3n) is 2.38. The number of nitrogen functional groups attached to an aromatic ring is 1. The van der Waals surface area contributed by atoms with Crippen LogP contribution in [0, 0.1) is 6.92 Å². The van der Waals surface area contributed by atoms with Crippen LogP contribution in [-0.4, -0.2) is 17.4 Å². The van der Waals surface area contributed by atoms with Gasteiger partial charge in [-0.1, -0.05) is 0 Å². The quantitative estimate of drug-likeness (QED) is 0.839. The average molecular weight is 277 g/mol. The lowest BCUT2D eigenvalue weighted by atomic mass is 10.2. The number of aryl methyl sites for hydroxylation is 1. The molecule has 0 saturated heterocycles. The van der Waals surface area contributed by atoms with Gasteiger partial charge in [-0.25, -0.2) is 4.98 Å². The number of hydrogen-bond acceptors (Lipinski definition) is 5. The van der Waals surface area contributed by atoms with Gasteiger partial charge in [-0.3, -0.25) is 4.79 Å². The van der Waals surface area contributed by atoms with Crippen LogP contribution in [0.15, 0.2) is 39.0 Å². The lowest BCUT2D eigenvalue weighted by Gasteiger charge is -2.08. The highest BCUT2D eigenvalue weighted by molar-refractivity contribution is 7.99. The van der Waals surface area contributed by atoms with Crippen LogP contribution in [-0.2, 0) is 0 Å². The van der Waals surface area contributed by atoms with Crippen molar-refractivity contribution in [2.24, 2.45) is 0 Å². The van der Waals surface area contributed by atoms with Gasteiger partial charge >= 0.3 is 0 Å². The minimum absolute atomic E-state index is 0.131. The molecular formula is C13H15N3O2S. The first-order valence-electron chi connectivity index (χ1n) is 5.88. The summed E-state index contributed by atoms with van der Waals surface area (Å²) in [4.78, 5) is 16.9. The highest BCUT2D eigenvalue weighted by Crippen LogP contribution is 2.31. The van der Waals surface area contributed by atoms with Crippen molar-refractivity contribution in [1.82, 2.24) is 10.3 Å². The number of nitrogens with two attached hydrogens (primary N) is 1. The van der Waals surface area contributed by atoms with Crippen LogP contribution in [0.1, 0.15) is 23.0 Å². The standard InChI is InChI=1S/C13H15N3O2S/c1-3-15-12(17)10-5-4-9(14)6-11(10)19-13-16-8(2)7-18-13/h4-7H,3,14H2,1-2H3,(H,15,17). The van der Waals surface area contributed by atoms with Gasteiger partial charge in [0.1, 0.15) is 6.26 Å². The Balaban J connectivity index is 2.31. The summed E-state index contributed by atoms with van der Waals surface area (Å²) >= 11 is 1.28. The van der Waals surface area contributed by atoms with E-state index in [1.807, 2.05) is 13.8 Å². The number of aromatic nitrogens is 1. The number of oxazole rings is 1. The van der Waals surface area contributed by atoms with Gasteiger partial charge in [0, 0.05) is 17.1 Å². The molecule has 1 aromatic heterocycles. The minimum Gasteiger partial charge on any atom is -0.439 e. The van der Waals surface area contributed by atoms with Crippen molar-refractivity contribution in [1.29, 1.82) is 0 Å². The zero-order chi connectivity index (χ0) is 13.8. The lowest BCUT2D eigenvalue weighted by Crippen LogP contribution is -2.23. The second-order valence-corrected chi connectivity index (χ2v) is 4.97. The maximum Gasteiger partial charge on any atom is 0.260 e. The molecule has 2 rings (SSSR count). The molecule has 3 N–H and O–H groups in total. The predicted molar refractivity (Wildman–Crippen MR) is 74.2 cm³/mol. The molecule has 1 amide bonds. The molecule has 100 valence electrons. The number of rotatable bonds is 4. The Morgan fingerprint density at radius 3 is 2.95 bits per heavy atom. The van der Waals surface area contributed by atoms with E-state index in [2.05, 4.69) is 10.3 Å². The number of carbonyl (C=O) groups excluding carboxylic acids is 1. The molecule has 6 heteroatoms. The van der Waals surface area contributed by atoms with Crippen LogP contribution in [0.4, 0.5) is 5.69 Å². The molecule has 5 nitrogen and oxygen atoms in total. The van der Waals surface area contributed by atoms with Gasteiger partial charge in [-0.05, 0) is 43.8 Å². The number of amides is 1. The van der Waals surface area contributed by atoms with Crippen LogP contribution in [0.5, 0.6) is 0 Å². The van der Waals surface area contributed by atoms with Crippen molar-refractivity contribution in [2.45, 2.75) is 24.0 Å². The van der Waals surface area contributed by atoms with E-state index in [1.54, 1.807) is 24.5 Å². The normalized spacial score (nSPS) is 10.4. The van der Waals surface area contributed by atoms with E-state index in [9.17, 15) is 4.79 Å². The lowest BCUT2D eigenvalue weighted by molar-refractivity contribution is 0.0953. The second-order valence-electron chi connectivity index (χ2n) is 3.97. The van der Waals surface area contributed by atoms with Gasteiger partial charge in [0.05, 0.1) is 11.3 Å². The summed E-state index contributed by atoms with van der Waals surface area (Å²) in [5, 5.41) is 3.26. The monoisotopic (exact) mass is 277 g/mol. The fourth-order valence-electron chi connectivity index (χ4n) is 1.54. The molecule has 0 fully saturated rings. The summed E-state index contributed by atoms with van der Waals surface area (Å²) in [5.41, 5.74) is 7.72. The Bertz CT molecular complexity index is 595. The van der Waals surface area contributed by atoms with Crippen molar-refractivity contribution >= 4 is 23.4 Å². The van der Waals surface area contributed by atoms with E-state index < -0.39 is 0 Å². The highest BCUT2D eigenvalue weighted by atomic mass is 32.2. The largest absolute Gasteiger partial charge is 0.439 e. The molecule has 0 bridgehead atoms. The number of benzene rings is 1.